The van der Waals surface area contributed by atoms with Crippen LogP contribution in [0.25, 0.3) is 11.1 Å². The third-order valence-corrected chi connectivity index (χ3v) is 13.8. The van der Waals surface area contributed by atoms with Crippen LogP contribution in [0.2, 0.25) is 0 Å². The van der Waals surface area contributed by atoms with Gasteiger partial charge < -0.3 is 56.0 Å². The van der Waals surface area contributed by atoms with Crippen molar-refractivity contribution in [2.75, 3.05) is 45.5 Å². The Balaban J connectivity index is 1.27. The van der Waals surface area contributed by atoms with E-state index in [1.807, 2.05) is 25.3 Å². The number of hydrogen-bond acceptors (Lipinski definition) is 12. The van der Waals surface area contributed by atoms with Crippen LogP contribution in [0.5, 0.6) is 28.7 Å². The van der Waals surface area contributed by atoms with Gasteiger partial charge in [-0.05, 0) is 128 Å². The first-order valence-corrected chi connectivity index (χ1v) is 22.6. The lowest BCUT2D eigenvalue weighted by Crippen LogP contribution is -2.38. The maximum atomic E-state index is 12.5. The van der Waals surface area contributed by atoms with Gasteiger partial charge >= 0.3 is 5.97 Å². The molecule has 12 nitrogen and oxygen atoms in total. The summed E-state index contributed by atoms with van der Waals surface area (Å²) >= 11 is 0. The van der Waals surface area contributed by atoms with Gasteiger partial charge in [-0.1, -0.05) is 42.3 Å². The molecule has 4 bridgehead atoms. The summed E-state index contributed by atoms with van der Waals surface area (Å²) in [6, 6.07) is 19.7. The predicted octanol–water partition coefficient (Wildman–Crippen LogP) is 7.00. The molecule has 12 heteroatoms. The Hall–Kier alpha value is -6.13. The number of nitrogens with one attached hydrogen (secondary N) is 3. The lowest BCUT2D eigenvalue weighted by atomic mass is 9.64. The first-order chi connectivity index (χ1) is 31.1. The number of aryl methyl sites for hydroxylation is 1. The number of esters is 1. The van der Waals surface area contributed by atoms with E-state index in [0.717, 1.165) is 100 Å². The van der Waals surface area contributed by atoms with Gasteiger partial charge in [0.2, 0.25) is 0 Å². The molecule has 0 radical (unpaired) electrons. The van der Waals surface area contributed by atoms with Crippen LogP contribution >= 0.6 is 0 Å². The second kappa shape index (κ2) is 18.2. The number of carbonyl (C=O) groups excluding carboxylic acids is 1. The highest BCUT2D eigenvalue weighted by molar-refractivity contribution is 5.84. The molecule has 4 aromatic carbocycles. The van der Waals surface area contributed by atoms with Gasteiger partial charge in [-0.25, -0.2) is 0 Å². The fourth-order valence-electron chi connectivity index (χ4n) is 11.1. The molecule has 1 fully saturated rings. The average molecular weight is 867 g/mol. The summed E-state index contributed by atoms with van der Waals surface area (Å²) in [6.07, 6.45) is 8.34. The van der Waals surface area contributed by atoms with Crippen LogP contribution in [-0.2, 0) is 34.2 Å². The summed E-state index contributed by atoms with van der Waals surface area (Å²) in [5.74, 6) is 8.01. The highest BCUT2D eigenvalue weighted by atomic mass is 16.6. The van der Waals surface area contributed by atoms with Crippen molar-refractivity contribution in [1.29, 1.82) is 0 Å². The number of anilines is 1. The number of fused-ring (bicyclic) bond motifs is 6. The Labute approximate surface area is 374 Å². The van der Waals surface area contributed by atoms with Crippen molar-refractivity contribution in [2.45, 2.75) is 82.4 Å². The molecule has 3 aliphatic heterocycles. The first-order valence-electron chi connectivity index (χ1n) is 22.6. The van der Waals surface area contributed by atoms with Crippen molar-refractivity contribution in [3.8, 4) is 51.7 Å². The van der Waals surface area contributed by atoms with Crippen molar-refractivity contribution in [1.82, 2.24) is 10.6 Å². The maximum Gasteiger partial charge on any atom is 0.302 e. The van der Waals surface area contributed by atoms with Gasteiger partial charge in [0, 0.05) is 65.9 Å². The molecule has 0 aromatic heterocycles. The Morgan fingerprint density at radius 2 is 1.91 bits per heavy atom. The van der Waals surface area contributed by atoms with Crippen LogP contribution in [0.3, 0.4) is 0 Å². The molecule has 0 saturated heterocycles. The molecule has 2 aliphatic carbocycles. The van der Waals surface area contributed by atoms with E-state index in [-0.39, 0.29) is 36.4 Å². The van der Waals surface area contributed by atoms with Crippen molar-refractivity contribution in [2.24, 2.45) is 17.6 Å². The number of benzene rings is 4. The van der Waals surface area contributed by atoms with Crippen LogP contribution in [0.4, 0.5) is 5.69 Å². The van der Waals surface area contributed by atoms with E-state index in [9.17, 15) is 20.1 Å². The van der Waals surface area contributed by atoms with Crippen molar-refractivity contribution in [3.05, 3.63) is 117 Å². The van der Waals surface area contributed by atoms with Crippen LogP contribution in [0.1, 0.15) is 84.9 Å². The van der Waals surface area contributed by atoms with Crippen LogP contribution in [0.15, 0.2) is 84.1 Å². The van der Waals surface area contributed by atoms with Gasteiger partial charge in [0.05, 0.1) is 17.8 Å². The Bertz CT molecular complexity index is 2580. The van der Waals surface area contributed by atoms with Gasteiger partial charge in [0.25, 0.3) is 0 Å². The minimum Gasteiger partial charge on any atom is -0.508 e. The SMILES string of the molecule is CCNc1ccccc1CCC1C2=C(C#CCc3cc(O)c(OCCNC)cc3C3Oc4c(ccc5c4C4(CCC1C4)Cc1cc(O)cc(OCO)c1-5)C3COC(C)=O)NC(N)C=C2. The zero-order chi connectivity index (χ0) is 44.5. The average Bonchev–Trinajstić information content (AvgIpc) is 3.86. The predicted molar refractivity (Wildman–Crippen MR) is 245 cm³/mol. The molecular weight excluding hydrogens is 809 g/mol. The number of dihydropyridines is 1. The van der Waals surface area contributed by atoms with E-state index in [0.29, 0.717) is 31.1 Å². The minimum atomic E-state index is -0.637. The van der Waals surface area contributed by atoms with E-state index < -0.39 is 36.4 Å². The largest absolute Gasteiger partial charge is 0.508 e. The molecule has 8 N–H and O–H groups in total. The van der Waals surface area contributed by atoms with E-state index in [4.69, 9.17) is 24.7 Å². The molecule has 1 saturated carbocycles. The molecule has 9 rings (SSSR count). The van der Waals surface area contributed by atoms with Gasteiger partial charge in [-0.3, -0.25) is 4.79 Å². The lowest BCUT2D eigenvalue weighted by molar-refractivity contribution is -0.141. The van der Waals surface area contributed by atoms with Gasteiger partial charge in [-0.15, -0.1) is 0 Å². The highest BCUT2D eigenvalue weighted by Gasteiger charge is 2.52. The van der Waals surface area contributed by atoms with E-state index in [1.54, 1.807) is 12.1 Å². The number of rotatable bonds is 13. The zero-order valence-corrected chi connectivity index (χ0v) is 36.8. The summed E-state index contributed by atoms with van der Waals surface area (Å²) in [6.45, 7) is 4.75. The van der Waals surface area contributed by atoms with Gasteiger partial charge in [-0.2, -0.15) is 0 Å². The fourth-order valence-corrected chi connectivity index (χ4v) is 11.1. The smallest absolute Gasteiger partial charge is 0.302 e. The minimum absolute atomic E-state index is 0.00918. The third-order valence-electron chi connectivity index (χ3n) is 13.8. The molecule has 6 atom stereocenters. The number of aromatic hydroxyl groups is 2. The van der Waals surface area contributed by atoms with E-state index in [1.165, 1.54) is 12.5 Å². The standard InChI is InChI=1S/C52H58N4O8/c1-4-55-42-10-6-5-8-31(42)12-13-36-33-18-19-52(26-33)27-34-22-35(59)24-46(63-29-57)48(34)39-15-14-38-41(28-62-30(2)58)50(64-51(38)49(39)52)40-25-45(61-21-20-54-3)44(60)23-32(40)9-7-11-43-37(36)16-17-47(53)56-43/h5-6,8,10,14-17,22-25,33,36,41,47,50,54-57,59-60H,4,9,12-13,18-21,26-29,53H2,1-3H3. The molecule has 0 amide bonds. The molecule has 5 aliphatic rings. The number of aliphatic hydroxyl groups is 1. The van der Waals surface area contributed by atoms with Crippen molar-refractivity contribution < 1.29 is 39.1 Å². The number of carbonyl (C=O) groups is 1. The summed E-state index contributed by atoms with van der Waals surface area (Å²) in [4.78, 5) is 12.5. The third kappa shape index (κ3) is 8.13. The van der Waals surface area contributed by atoms with Gasteiger partial charge in [0.1, 0.15) is 36.6 Å². The molecule has 4 aromatic rings. The number of phenolic OH excluding ortho intramolecular Hbond substituents is 2. The van der Waals surface area contributed by atoms with Crippen molar-refractivity contribution in [3.63, 3.8) is 0 Å². The summed E-state index contributed by atoms with van der Waals surface area (Å²) < 4.78 is 25.2. The Morgan fingerprint density at radius 1 is 1.05 bits per heavy atom. The number of nitrogens with two attached hydrogens (primary N) is 1. The first kappa shape index (κ1) is 43.1. The monoisotopic (exact) mass is 866 g/mol. The van der Waals surface area contributed by atoms with E-state index in [2.05, 4.69) is 77.2 Å². The topological polar surface area (TPSA) is 177 Å². The number of para-hydroxylation sites is 1. The summed E-state index contributed by atoms with van der Waals surface area (Å²) in [5.41, 5.74) is 16.7. The molecule has 6 unspecified atom stereocenters. The fraction of sp³-hybridized carbons (Fsp3) is 0.404. The molecule has 334 valence electrons. The molecule has 64 heavy (non-hydrogen) atoms. The normalized spacial score (nSPS) is 23.5. The second-order valence-corrected chi connectivity index (χ2v) is 17.7. The summed E-state index contributed by atoms with van der Waals surface area (Å²) in [7, 11) is 1.84. The summed E-state index contributed by atoms with van der Waals surface area (Å²) in [5, 5.41) is 42.8. The number of aliphatic hydroxyl groups excluding tert-OH is 1. The maximum absolute atomic E-state index is 12.5. The van der Waals surface area contributed by atoms with Crippen LogP contribution in [-0.4, -0.2) is 67.6 Å². The highest BCUT2D eigenvalue weighted by Crippen LogP contribution is 2.63. The van der Waals surface area contributed by atoms with Crippen LogP contribution < -0.4 is 35.9 Å². The number of hydrogen-bond donors (Lipinski definition) is 7. The second-order valence-electron chi connectivity index (χ2n) is 17.7. The molecule has 3 heterocycles. The Kier molecular flexibility index (Phi) is 12.2. The number of ether oxygens (including phenoxy) is 4. The van der Waals surface area contributed by atoms with Crippen LogP contribution in [0, 0.1) is 23.7 Å². The lowest BCUT2D eigenvalue weighted by Gasteiger charge is -2.40. The quantitative estimate of drug-likeness (QED) is 0.0318. The zero-order valence-electron chi connectivity index (χ0n) is 36.8. The molecule has 1 spiro atoms. The molecular formula is C52H58N4O8. The van der Waals surface area contributed by atoms with Gasteiger partial charge in [0.15, 0.2) is 18.3 Å². The number of phenols is 2. The van der Waals surface area contributed by atoms with Crippen molar-refractivity contribution >= 4 is 11.7 Å². The van der Waals surface area contributed by atoms with E-state index >= 15 is 0 Å². The number of likely N-dealkylation sites (N-methyl/N-ethyl adjacent to an activating group) is 1. The number of allylic oxidation sites excluding steroid dienone is 3. The Morgan fingerprint density at radius 3 is 2.72 bits per heavy atom.